The average molecular weight is 272 g/mol. The molecule has 3 nitrogen and oxygen atoms in total. The zero-order chi connectivity index (χ0) is 11.6. The summed E-state index contributed by atoms with van der Waals surface area (Å²) >= 11 is 17.3. The van der Waals surface area contributed by atoms with Crippen LogP contribution in [0.1, 0.15) is 11.7 Å². The molecule has 3 N–H and O–H groups in total. The van der Waals surface area contributed by atoms with Crippen LogP contribution in [-0.2, 0) is 0 Å². The standard InChI is InChI=1S/C9H9Cl3O3/c10-4-1-5(11)8(6(12)2-4)9(15)7(14)3-13/h1-2,7,9,13-15H,3H2. The number of hydrogen-bond acceptors (Lipinski definition) is 3. The van der Waals surface area contributed by atoms with E-state index in [4.69, 9.17) is 39.9 Å². The molecule has 15 heavy (non-hydrogen) atoms. The minimum atomic E-state index is -1.34. The fraction of sp³-hybridized carbons (Fsp3) is 0.333. The maximum atomic E-state index is 9.62. The highest BCUT2D eigenvalue weighted by Gasteiger charge is 2.23. The van der Waals surface area contributed by atoms with Crippen LogP contribution in [0.5, 0.6) is 0 Å². The lowest BCUT2D eigenvalue weighted by Crippen LogP contribution is -2.22. The van der Waals surface area contributed by atoms with Crippen LogP contribution in [0.15, 0.2) is 12.1 Å². The molecule has 0 aromatic heterocycles. The molecular weight excluding hydrogens is 262 g/mol. The molecule has 0 bridgehead atoms. The maximum absolute atomic E-state index is 9.62. The first-order valence-corrected chi connectivity index (χ1v) is 5.22. The lowest BCUT2D eigenvalue weighted by Gasteiger charge is -2.18. The Morgan fingerprint density at radius 3 is 1.93 bits per heavy atom. The van der Waals surface area contributed by atoms with Crippen LogP contribution in [0.3, 0.4) is 0 Å². The molecule has 0 saturated carbocycles. The molecule has 0 saturated heterocycles. The normalized spacial score (nSPS) is 15.1. The predicted octanol–water partition coefficient (Wildman–Crippen LogP) is 2.03. The van der Waals surface area contributed by atoms with E-state index < -0.39 is 18.8 Å². The molecule has 0 fully saturated rings. The first-order valence-electron chi connectivity index (χ1n) is 4.08. The first-order chi connectivity index (χ1) is 6.97. The summed E-state index contributed by atoms with van der Waals surface area (Å²) < 4.78 is 0. The summed E-state index contributed by atoms with van der Waals surface area (Å²) in [4.78, 5) is 0. The van der Waals surface area contributed by atoms with Gasteiger partial charge >= 0.3 is 0 Å². The summed E-state index contributed by atoms with van der Waals surface area (Å²) in [5.74, 6) is 0. The highest BCUT2D eigenvalue weighted by Crippen LogP contribution is 2.34. The van der Waals surface area contributed by atoms with E-state index in [1.165, 1.54) is 12.1 Å². The Balaban J connectivity index is 3.13. The zero-order valence-electron chi connectivity index (χ0n) is 7.49. The summed E-state index contributed by atoms with van der Waals surface area (Å²) in [6.07, 6.45) is -2.67. The molecular formula is C9H9Cl3O3. The minimum absolute atomic E-state index is 0.146. The Kier molecular flexibility index (Phi) is 4.64. The molecule has 2 unspecified atom stereocenters. The number of halogens is 3. The lowest BCUT2D eigenvalue weighted by atomic mass is 10.0. The number of benzene rings is 1. The van der Waals surface area contributed by atoms with Gasteiger partial charge in [0.05, 0.1) is 6.61 Å². The van der Waals surface area contributed by atoms with E-state index in [1.807, 2.05) is 0 Å². The van der Waals surface area contributed by atoms with E-state index in [1.54, 1.807) is 0 Å². The molecule has 0 heterocycles. The smallest absolute Gasteiger partial charge is 0.110 e. The van der Waals surface area contributed by atoms with E-state index >= 15 is 0 Å². The van der Waals surface area contributed by atoms with Crippen molar-refractivity contribution in [2.75, 3.05) is 6.61 Å². The zero-order valence-corrected chi connectivity index (χ0v) is 9.76. The van der Waals surface area contributed by atoms with Crippen molar-refractivity contribution in [2.45, 2.75) is 12.2 Å². The van der Waals surface area contributed by atoms with Crippen molar-refractivity contribution >= 4 is 34.8 Å². The van der Waals surface area contributed by atoms with Crippen molar-refractivity contribution in [3.8, 4) is 0 Å². The van der Waals surface area contributed by atoms with Crippen molar-refractivity contribution in [1.29, 1.82) is 0 Å². The van der Waals surface area contributed by atoms with Gasteiger partial charge in [-0.15, -0.1) is 0 Å². The van der Waals surface area contributed by atoms with Gasteiger partial charge in [0.25, 0.3) is 0 Å². The third-order valence-corrected chi connectivity index (χ3v) is 2.73. The van der Waals surface area contributed by atoms with Gasteiger partial charge in [0.2, 0.25) is 0 Å². The monoisotopic (exact) mass is 270 g/mol. The quantitative estimate of drug-likeness (QED) is 0.788. The summed E-state index contributed by atoms with van der Waals surface area (Å²) in [5.41, 5.74) is 0.157. The van der Waals surface area contributed by atoms with Gasteiger partial charge in [-0.3, -0.25) is 0 Å². The molecule has 0 aliphatic carbocycles. The van der Waals surface area contributed by atoms with E-state index in [9.17, 15) is 10.2 Å². The Labute approximate surface area is 102 Å². The summed E-state index contributed by atoms with van der Waals surface area (Å²) in [6, 6.07) is 2.80. The summed E-state index contributed by atoms with van der Waals surface area (Å²) in [7, 11) is 0. The molecule has 0 amide bonds. The van der Waals surface area contributed by atoms with Crippen LogP contribution in [0, 0.1) is 0 Å². The molecule has 84 valence electrons. The van der Waals surface area contributed by atoms with Crippen molar-refractivity contribution in [2.24, 2.45) is 0 Å². The second-order valence-corrected chi connectivity index (χ2v) is 4.23. The van der Waals surface area contributed by atoms with Crippen LogP contribution in [0.2, 0.25) is 15.1 Å². The SMILES string of the molecule is OCC(O)C(O)c1c(Cl)cc(Cl)cc1Cl. The lowest BCUT2D eigenvalue weighted by molar-refractivity contribution is -0.0151. The fourth-order valence-electron chi connectivity index (χ4n) is 1.13. The minimum Gasteiger partial charge on any atom is -0.394 e. The topological polar surface area (TPSA) is 60.7 Å². The van der Waals surface area contributed by atoms with Crippen molar-refractivity contribution in [3.05, 3.63) is 32.8 Å². The highest BCUT2D eigenvalue weighted by atomic mass is 35.5. The van der Waals surface area contributed by atoms with E-state index in [0.29, 0.717) is 5.02 Å². The van der Waals surface area contributed by atoms with E-state index in [-0.39, 0.29) is 15.6 Å². The Morgan fingerprint density at radius 2 is 1.53 bits per heavy atom. The predicted molar refractivity (Wildman–Crippen MR) is 59.5 cm³/mol. The van der Waals surface area contributed by atoms with Gasteiger partial charge in [0.15, 0.2) is 0 Å². The van der Waals surface area contributed by atoms with Crippen molar-refractivity contribution in [3.63, 3.8) is 0 Å². The van der Waals surface area contributed by atoms with Crippen LogP contribution < -0.4 is 0 Å². The second-order valence-electron chi connectivity index (χ2n) is 2.98. The third kappa shape index (κ3) is 2.97. The van der Waals surface area contributed by atoms with Crippen molar-refractivity contribution < 1.29 is 15.3 Å². The van der Waals surface area contributed by atoms with Crippen LogP contribution in [-0.4, -0.2) is 28.0 Å². The van der Waals surface area contributed by atoms with Crippen molar-refractivity contribution in [1.82, 2.24) is 0 Å². The van der Waals surface area contributed by atoms with Crippen LogP contribution >= 0.6 is 34.8 Å². The van der Waals surface area contributed by atoms with E-state index in [2.05, 4.69) is 0 Å². The number of aliphatic hydroxyl groups is 3. The fourth-order valence-corrected chi connectivity index (χ4v) is 2.17. The highest BCUT2D eigenvalue weighted by molar-refractivity contribution is 6.39. The molecule has 2 atom stereocenters. The molecule has 1 rings (SSSR count). The molecule has 0 spiro atoms. The van der Waals surface area contributed by atoms with Gasteiger partial charge in [-0.2, -0.15) is 0 Å². The van der Waals surface area contributed by atoms with E-state index in [0.717, 1.165) is 0 Å². The van der Waals surface area contributed by atoms with Gasteiger partial charge in [0.1, 0.15) is 12.2 Å². The Morgan fingerprint density at radius 1 is 1.07 bits per heavy atom. The largest absolute Gasteiger partial charge is 0.394 e. The van der Waals surface area contributed by atoms with Gasteiger partial charge in [-0.05, 0) is 12.1 Å². The number of rotatable bonds is 3. The average Bonchev–Trinajstić information content (AvgIpc) is 2.14. The number of aliphatic hydroxyl groups excluding tert-OH is 3. The second kappa shape index (κ2) is 5.34. The molecule has 1 aromatic carbocycles. The maximum Gasteiger partial charge on any atom is 0.110 e. The van der Waals surface area contributed by atoms with Gasteiger partial charge < -0.3 is 15.3 Å². The number of hydrogen-bond donors (Lipinski definition) is 3. The third-order valence-electron chi connectivity index (χ3n) is 1.89. The molecule has 0 aliphatic rings. The van der Waals surface area contributed by atoms with Gasteiger partial charge in [-0.1, -0.05) is 34.8 Å². The molecule has 0 aliphatic heterocycles. The first kappa shape index (κ1) is 13.0. The Bertz CT molecular complexity index is 333. The van der Waals surface area contributed by atoms with Gasteiger partial charge in [0, 0.05) is 20.6 Å². The van der Waals surface area contributed by atoms with Gasteiger partial charge in [-0.25, -0.2) is 0 Å². The molecule has 6 heteroatoms. The molecule has 1 aromatic rings. The van der Waals surface area contributed by atoms with Crippen LogP contribution in [0.25, 0.3) is 0 Å². The molecule has 0 radical (unpaired) electrons. The Hall–Kier alpha value is -0.0300. The summed E-state index contributed by atoms with van der Waals surface area (Å²) in [5, 5.41) is 28.2. The summed E-state index contributed by atoms with van der Waals surface area (Å²) in [6.45, 7) is -0.587. The van der Waals surface area contributed by atoms with Crippen LogP contribution in [0.4, 0.5) is 0 Å².